The van der Waals surface area contributed by atoms with Crippen molar-refractivity contribution >= 4 is 0 Å². The summed E-state index contributed by atoms with van der Waals surface area (Å²) in [5, 5.41) is 14.8. The molecule has 168 valence electrons. The number of hydrogen-bond donors (Lipinski definition) is 1. The molecular formula is C23H26F2N6O. The maximum atomic E-state index is 14.6. The molecule has 1 fully saturated rings. The Kier molecular flexibility index (Phi) is 5.23. The van der Waals surface area contributed by atoms with Crippen LogP contribution in [0.3, 0.4) is 0 Å². The van der Waals surface area contributed by atoms with Gasteiger partial charge in [0.2, 0.25) is 5.82 Å². The third kappa shape index (κ3) is 3.58. The predicted octanol–water partition coefficient (Wildman–Crippen LogP) is 4.21. The van der Waals surface area contributed by atoms with Crippen LogP contribution in [0.15, 0.2) is 18.3 Å². The van der Waals surface area contributed by atoms with Gasteiger partial charge in [-0.3, -0.25) is 9.97 Å². The number of hydrogen-bond acceptors (Lipinski definition) is 6. The second-order valence-corrected chi connectivity index (χ2v) is 9.01. The molecular weight excluding hydrogens is 414 g/mol. The van der Waals surface area contributed by atoms with Crippen molar-refractivity contribution in [1.82, 2.24) is 30.6 Å². The summed E-state index contributed by atoms with van der Waals surface area (Å²) in [5.74, 6) is -2.41. The number of rotatable bonds is 5. The van der Waals surface area contributed by atoms with E-state index in [0.717, 1.165) is 53.9 Å². The van der Waals surface area contributed by atoms with Gasteiger partial charge in [-0.05, 0) is 54.7 Å². The van der Waals surface area contributed by atoms with Crippen molar-refractivity contribution in [2.24, 2.45) is 0 Å². The summed E-state index contributed by atoms with van der Waals surface area (Å²) < 4.78 is 34.9. The van der Waals surface area contributed by atoms with Crippen molar-refractivity contribution in [3.05, 3.63) is 41.0 Å². The number of aromatic nitrogens is 6. The van der Waals surface area contributed by atoms with Crippen molar-refractivity contribution < 1.29 is 13.5 Å². The number of nitrogens with zero attached hydrogens (tertiary/aromatic N) is 5. The molecule has 0 bridgehead atoms. The zero-order valence-corrected chi connectivity index (χ0v) is 18.3. The number of nitrogens with one attached hydrogen (secondary N) is 1. The number of halogens is 2. The first-order valence-electron chi connectivity index (χ1n) is 11.0. The third-order valence-corrected chi connectivity index (χ3v) is 6.78. The first-order chi connectivity index (χ1) is 15.4. The number of aromatic amines is 1. The summed E-state index contributed by atoms with van der Waals surface area (Å²) in [7, 11) is 1.69. The number of tetrazole rings is 1. The number of ether oxygens (including phenoxy) is 1. The highest BCUT2D eigenvalue weighted by Gasteiger charge is 2.44. The van der Waals surface area contributed by atoms with Crippen molar-refractivity contribution in [3.8, 4) is 22.5 Å². The van der Waals surface area contributed by atoms with Crippen LogP contribution in [0.1, 0.15) is 54.7 Å². The first-order valence-corrected chi connectivity index (χ1v) is 11.0. The summed E-state index contributed by atoms with van der Waals surface area (Å²) in [6.45, 7) is 2.40. The Bertz CT molecular complexity index is 1130. The van der Waals surface area contributed by atoms with Crippen LogP contribution in [0.5, 0.6) is 0 Å². The maximum Gasteiger partial charge on any atom is 0.252 e. The van der Waals surface area contributed by atoms with E-state index in [4.69, 9.17) is 9.72 Å². The molecule has 0 aliphatic heterocycles. The molecule has 0 spiro atoms. The van der Waals surface area contributed by atoms with E-state index in [1.165, 1.54) is 0 Å². The Morgan fingerprint density at radius 2 is 1.97 bits per heavy atom. The molecule has 0 unspecified atom stereocenters. The molecule has 2 aliphatic rings. The van der Waals surface area contributed by atoms with E-state index in [1.54, 1.807) is 13.3 Å². The fourth-order valence-electron chi connectivity index (χ4n) is 5.38. The quantitative estimate of drug-likeness (QED) is 0.639. The Morgan fingerprint density at radius 1 is 1.16 bits per heavy atom. The highest BCUT2D eigenvalue weighted by molar-refractivity contribution is 5.86. The van der Waals surface area contributed by atoms with Crippen LogP contribution >= 0.6 is 0 Å². The summed E-state index contributed by atoms with van der Waals surface area (Å²) in [4.78, 5) is 9.37. The highest BCUT2D eigenvalue weighted by atomic mass is 19.3. The first kappa shape index (κ1) is 21.1. The fraction of sp³-hybridized carbons (Fsp3) is 0.522. The lowest BCUT2D eigenvalue weighted by molar-refractivity contribution is -0.0127. The molecule has 3 aromatic heterocycles. The van der Waals surface area contributed by atoms with Gasteiger partial charge < -0.3 is 4.74 Å². The minimum absolute atomic E-state index is 0.194. The van der Waals surface area contributed by atoms with Crippen LogP contribution in [0.4, 0.5) is 8.78 Å². The van der Waals surface area contributed by atoms with Gasteiger partial charge in [-0.1, -0.05) is 12.8 Å². The van der Waals surface area contributed by atoms with Crippen molar-refractivity contribution in [1.29, 1.82) is 0 Å². The van der Waals surface area contributed by atoms with Crippen molar-refractivity contribution in [2.75, 3.05) is 13.7 Å². The van der Waals surface area contributed by atoms with Gasteiger partial charge in [0.15, 0.2) is 0 Å². The molecule has 1 saturated carbocycles. The second-order valence-electron chi connectivity index (χ2n) is 9.01. The zero-order valence-electron chi connectivity index (χ0n) is 18.3. The van der Waals surface area contributed by atoms with E-state index in [-0.39, 0.29) is 24.7 Å². The molecule has 9 heteroatoms. The number of alkyl halides is 2. The predicted molar refractivity (Wildman–Crippen MR) is 114 cm³/mol. The van der Waals surface area contributed by atoms with Crippen LogP contribution in [0, 0.1) is 6.92 Å². The Morgan fingerprint density at radius 3 is 2.66 bits per heavy atom. The molecule has 3 aromatic rings. The normalized spacial score (nSPS) is 19.1. The number of fused-ring (bicyclic) bond motifs is 1. The van der Waals surface area contributed by atoms with E-state index < -0.39 is 5.92 Å². The molecule has 32 heavy (non-hydrogen) atoms. The Balaban J connectivity index is 1.87. The summed E-state index contributed by atoms with van der Waals surface area (Å²) in [5.41, 5.74) is 4.87. The lowest BCUT2D eigenvalue weighted by Crippen LogP contribution is -2.33. The van der Waals surface area contributed by atoms with Gasteiger partial charge in [-0.25, -0.2) is 8.78 Å². The molecule has 3 heterocycles. The third-order valence-electron chi connectivity index (χ3n) is 6.78. The molecule has 0 atom stereocenters. The average molecular weight is 440 g/mol. The lowest BCUT2D eigenvalue weighted by atomic mass is 9.76. The van der Waals surface area contributed by atoms with Gasteiger partial charge in [0, 0.05) is 48.5 Å². The van der Waals surface area contributed by atoms with Crippen LogP contribution in [-0.4, -0.2) is 50.2 Å². The molecule has 2 aliphatic carbocycles. The molecule has 1 N–H and O–H groups in total. The summed E-state index contributed by atoms with van der Waals surface area (Å²) in [6, 6.07) is 3.79. The van der Waals surface area contributed by atoms with E-state index in [1.807, 2.05) is 19.1 Å². The van der Waals surface area contributed by atoms with Crippen molar-refractivity contribution in [3.63, 3.8) is 0 Å². The Hall–Kier alpha value is -2.81. The minimum Gasteiger partial charge on any atom is -0.384 e. The van der Waals surface area contributed by atoms with Gasteiger partial charge in [-0.2, -0.15) is 5.21 Å². The van der Waals surface area contributed by atoms with Gasteiger partial charge in [-0.15, -0.1) is 10.2 Å². The van der Waals surface area contributed by atoms with Crippen LogP contribution < -0.4 is 0 Å². The van der Waals surface area contributed by atoms with Crippen molar-refractivity contribution in [2.45, 2.75) is 63.2 Å². The summed E-state index contributed by atoms with van der Waals surface area (Å²) >= 11 is 0. The molecule has 0 saturated heterocycles. The SMILES string of the molecule is COCC1(c2nc3c(c(-c4ccnc(C)c4)c2-c2nn[nH]n2)CC(F)(F)CC3)CCCC1. The minimum atomic E-state index is -2.78. The van der Waals surface area contributed by atoms with Gasteiger partial charge in [0.1, 0.15) is 0 Å². The second kappa shape index (κ2) is 7.95. The molecule has 5 rings (SSSR count). The van der Waals surface area contributed by atoms with Crippen LogP contribution in [0.25, 0.3) is 22.5 Å². The number of methoxy groups -OCH3 is 1. The number of pyridine rings is 2. The van der Waals surface area contributed by atoms with Crippen LogP contribution in [0.2, 0.25) is 0 Å². The monoisotopic (exact) mass is 440 g/mol. The van der Waals surface area contributed by atoms with E-state index >= 15 is 0 Å². The summed E-state index contributed by atoms with van der Waals surface area (Å²) in [6.07, 6.45) is 5.37. The van der Waals surface area contributed by atoms with E-state index in [0.29, 0.717) is 23.6 Å². The maximum absolute atomic E-state index is 14.6. The number of H-pyrrole nitrogens is 1. The standard InChI is InChI=1S/C23H26F2N6O/c1-14-11-15(6-10-26-14)18-16-12-23(24,25)9-5-17(16)27-20(19(18)21-28-30-31-29-21)22(13-32-2)7-3-4-8-22/h6,10-11H,3-5,7-9,12-13H2,1-2H3,(H,28,29,30,31). The smallest absolute Gasteiger partial charge is 0.252 e. The van der Waals surface area contributed by atoms with Gasteiger partial charge in [0.25, 0.3) is 5.92 Å². The Labute approximate surface area is 185 Å². The van der Waals surface area contributed by atoms with E-state index in [2.05, 4.69) is 25.6 Å². The topological polar surface area (TPSA) is 89.5 Å². The number of aryl methyl sites for hydroxylation is 2. The highest BCUT2D eigenvalue weighted by Crippen LogP contribution is 2.49. The lowest BCUT2D eigenvalue weighted by Gasteiger charge is -2.34. The average Bonchev–Trinajstić information content (AvgIpc) is 3.45. The molecule has 0 amide bonds. The van der Waals surface area contributed by atoms with Gasteiger partial charge in [0.05, 0.1) is 17.9 Å². The van der Waals surface area contributed by atoms with Crippen LogP contribution in [-0.2, 0) is 23.0 Å². The largest absolute Gasteiger partial charge is 0.384 e. The van der Waals surface area contributed by atoms with E-state index in [9.17, 15) is 8.78 Å². The van der Waals surface area contributed by atoms with Gasteiger partial charge >= 0.3 is 0 Å². The molecule has 7 nitrogen and oxygen atoms in total. The molecule has 0 aromatic carbocycles. The zero-order chi connectivity index (χ0) is 22.3. The molecule has 0 radical (unpaired) electrons. The fourth-order valence-corrected chi connectivity index (χ4v) is 5.38.